The SMILES string of the molecule is CC1CN(Cc2ccc(-c3ccccc3F)o2)CCN1.Cl. The van der Waals surface area contributed by atoms with Crippen LogP contribution in [0.5, 0.6) is 0 Å². The number of benzene rings is 1. The van der Waals surface area contributed by atoms with Crippen molar-refractivity contribution in [2.45, 2.75) is 19.5 Å². The van der Waals surface area contributed by atoms with Crippen LogP contribution in [0.1, 0.15) is 12.7 Å². The van der Waals surface area contributed by atoms with E-state index in [9.17, 15) is 4.39 Å². The molecule has 1 fully saturated rings. The fourth-order valence-electron chi connectivity index (χ4n) is 2.64. The van der Waals surface area contributed by atoms with E-state index in [0.29, 0.717) is 17.4 Å². The maximum absolute atomic E-state index is 13.7. The minimum atomic E-state index is -0.246. The minimum Gasteiger partial charge on any atom is -0.460 e. The van der Waals surface area contributed by atoms with Crippen LogP contribution < -0.4 is 5.32 Å². The molecule has 21 heavy (non-hydrogen) atoms. The summed E-state index contributed by atoms with van der Waals surface area (Å²) in [7, 11) is 0. The lowest BCUT2D eigenvalue weighted by Gasteiger charge is -2.31. The summed E-state index contributed by atoms with van der Waals surface area (Å²) in [6.45, 7) is 5.98. The van der Waals surface area contributed by atoms with Gasteiger partial charge in [0.15, 0.2) is 0 Å². The van der Waals surface area contributed by atoms with Crippen LogP contribution in [0.25, 0.3) is 11.3 Å². The standard InChI is InChI=1S/C16H19FN2O.ClH/c1-12-10-19(9-8-18-12)11-13-6-7-16(20-13)14-4-2-3-5-15(14)17;/h2-7,12,18H,8-11H2,1H3;1H. The number of nitrogens with one attached hydrogen (secondary N) is 1. The molecule has 3 nitrogen and oxygen atoms in total. The summed E-state index contributed by atoms with van der Waals surface area (Å²) < 4.78 is 19.5. The number of halogens is 2. The zero-order valence-corrected chi connectivity index (χ0v) is 12.8. The first-order valence-corrected chi connectivity index (χ1v) is 7.02. The summed E-state index contributed by atoms with van der Waals surface area (Å²) in [4.78, 5) is 2.35. The van der Waals surface area contributed by atoms with Gasteiger partial charge in [0.05, 0.1) is 12.1 Å². The first-order chi connectivity index (χ1) is 9.72. The highest BCUT2D eigenvalue weighted by atomic mass is 35.5. The topological polar surface area (TPSA) is 28.4 Å². The first kappa shape index (κ1) is 16.0. The van der Waals surface area contributed by atoms with Gasteiger partial charge in [-0.15, -0.1) is 12.4 Å². The van der Waals surface area contributed by atoms with Gasteiger partial charge in [0.2, 0.25) is 0 Å². The Balaban J connectivity index is 0.00000161. The Morgan fingerprint density at radius 3 is 2.86 bits per heavy atom. The van der Waals surface area contributed by atoms with E-state index in [0.717, 1.165) is 31.9 Å². The highest BCUT2D eigenvalue weighted by Crippen LogP contribution is 2.25. The number of nitrogens with zero attached hydrogens (tertiary/aromatic N) is 1. The third-order valence-electron chi connectivity index (χ3n) is 3.63. The monoisotopic (exact) mass is 310 g/mol. The van der Waals surface area contributed by atoms with Crippen molar-refractivity contribution >= 4 is 12.4 Å². The van der Waals surface area contributed by atoms with E-state index in [1.165, 1.54) is 6.07 Å². The molecule has 1 N–H and O–H groups in total. The van der Waals surface area contributed by atoms with Gasteiger partial charge in [-0.3, -0.25) is 4.90 Å². The Bertz CT molecular complexity index is 587. The van der Waals surface area contributed by atoms with Crippen molar-refractivity contribution in [2.75, 3.05) is 19.6 Å². The van der Waals surface area contributed by atoms with Crippen LogP contribution in [-0.4, -0.2) is 30.6 Å². The largest absolute Gasteiger partial charge is 0.460 e. The van der Waals surface area contributed by atoms with Crippen LogP contribution in [0.15, 0.2) is 40.8 Å². The Morgan fingerprint density at radius 2 is 2.10 bits per heavy atom. The molecule has 5 heteroatoms. The van der Waals surface area contributed by atoms with Gasteiger partial charge in [0, 0.05) is 25.7 Å². The van der Waals surface area contributed by atoms with Gasteiger partial charge in [-0.25, -0.2) is 4.39 Å². The lowest BCUT2D eigenvalue weighted by Crippen LogP contribution is -2.48. The molecule has 0 saturated carbocycles. The highest BCUT2D eigenvalue weighted by molar-refractivity contribution is 5.85. The molecule has 3 rings (SSSR count). The second-order valence-corrected chi connectivity index (χ2v) is 5.34. The van der Waals surface area contributed by atoms with E-state index in [1.807, 2.05) is 18.2 Å². The van der Waals surface area contributed by atoms with Gasteiger partial charge in [0.25, 0.3) is 0 Å². The molecule has 1 aliphatic heterocycles. The first-order valence-electron chi connectivity index (χ1n) is 7.02. The van der Waals surface area contributed by atoms with Crippen LogP contribution >= 0.6 is 12.4 Å². The molecule has 0 spiro atoms. The number of furan rings is 1. The van der Waals surface area contributed by atoms with E-state index in [1.54, 1.807) is 12.1 Å². The van der Waals surface area contributed by atoms with Crippen LogP contribution in [0, 0.1) is 5.82 Å². The molecule has 1 atom stereocenters. The normalized spacial score (nSPS) is 19.2. The average molecular weight is 311 g/mol. The molecular weight excluding hydrogens is 291 g/mol. The van der Waals surface area contributed by atoms with Crippen molar-refractivity contribution in [3.63, 3.8) is 0 Å². The second kappa shape index (κ2) is 7.07. The molecule has 0 aliphatic carbocycles. The summed E-state index contributed by atoms with van der Waals surface area (Å²) >= 11 is 0. The number of hydrogen-bond acceptors (Lipinski definition) is 3. The average Bonchev–Trinajstić information content (AvgIpc) is 2.87. The zero-order chi connectivity index (χ0) is 13.9. The van der Waals surface area contributed by atoms with Crippen molar-refractivity contribution in [3.8, 4) is 11.3 Å². The van der Waals surface area contributed by atoms with Crippen molar-refractivity contribution in [2.24, 2.45) is 0 Å². The Kier molecular flexibility index (Phi) is 5.39. The maximum atomic E-state index is 13.7. The quantitative estimate of drug-likeness (QED) is 0.943. The van der Waals surface area contributed by atoms with Crippen LogP contribution in [-0.2, 0) is 6.54 Å². The molecular formula is C16H20ClFN2O. The van der Waals surface area contributed by atoms with E-state index < -0.39 is 0 Å². The fraction of sp³-hybridized carbons (Fsp3) is 0.375. The number of hydrogen-bond donors (Lipinski definition) is 1. The maximum Gasteiger partial charge on any atom is 0.137 e. The predicted octanol–water partition coefficient (Wildman–Crippen LogP) is 3.30. The van der Waals surface area contributed by atoms with E-state index in [4.69, 9.17) is 4.42 Å². The summed E-state index contributed by atoms with van der Waals surface area (Å²) in [6.07, 6.45) is 0. The highest BCUT2D eigenvalue weighted by Gasteiger charge is 2.17. The van der Waals surface area contributed by atoms with Gasteiger partial charge in [0.1, 0.15) is 17.3 Å². The van der Waals surface area contributed by atoms with Crippen molar-refractivity contribution in [1.82, 2.24) is 10.2 Å². The van der Waals surface area contributed by atoms with Gasteiger partial charge in [-0.2, -0.15) is 0 Å². The van der Waals surface area contributed by atoms with Gasteiger partial charge in [-0.05, 0) is 31.2 Å². The van der Waals surface area contributed by atoms with Gasteiger partial charge < -0.3 is 9.73 Å². The van der Waals surface area contributed by atoms with Crippen LogP contribution in [0.4, 0.5) is 4.39 Å². The molecule has 114 valence electrons. The smallest absolute Gasteiger partial charge is 0.137 e. The Hall–Kier alpha value is -1.36. The predicted molar refractivity (Wildman–Crippen MR) is 84.1 cm³/mol. The van der Waals surface area contributed by atoms with Crippen molar-refractivity contribution in [3.05, 3.63) is 48.0 Å². The van der Waals surface area contributed by atoms with E-state index >= 15 is 0 Å². The van der Waals surface area contributed by atoms with Gasteiger partial charge in [-0.1, -0.05) is 12.1 Å². The molecule has 1 aromatic carbocycles. The van der Waals surface area contributed by atoms with Crippen molar-refractivity contribution in [1.29, 1.82) is 0 Å². The van der Waals surface area contributed by atoms with Crippen molar-refractivity contribution < 1.29 is 8.81 Å². The Morgan fingerprint density at radius 1 is 1.29 bits per heavy atom. The fourth-order valence-corrected chi connectivity index (χ4v) is 2.64. The van der Waals surface area contributed by atoms with Gasteiger partial charge >= 0.3 is 0 Å². The third-order valence-corrected chi connectivity index (χ3v) is 3.63. The second-order valence-electron chi connectivity index (χ2n) is 5.34. The molecule has 2 aromatic rings. The molecule has 1 aromatic heterocycles. The van der Waals surface area contributed by atoms with E-state index in [-0.39, 0.29) is 18.2 Å². The zero-order valence-electron chi connectivity index (χ0n) is 12.0. The molecule has 1 aliphatic rings. The molecule has 2 heterocycles. The Labute approximate surface area is 130 Å². The molecule has 1 saturated heterocycles. The summed E-state index contributed by atoms with van der Waals surface area (Å²) in [5, 5.41) is 3.41. The summed E-state index contributed by atoms with van der Waals surface area (Å²) in [5.41, 5.74) is 0.521. The van der Waals surface area contributed by atoms with Crippen LogP contribution in [0.2, 0.25) is 0 Å². The summed E-state index contributed by atoms with van der Waals surface area (Å²) in [5.74, 6) is 1.24. The third kappa shape index (κ3) is 3.84. The molecule has 0 radical (unpaired) electrons. The molecule has 0 amide bonds. The number of rotatable bonds is 3. The lowest BCUT2D eigenvalue weighted by atomic mass is 10.1. The molecule has 0 bridgehead atoms. The molecule has 1 unspecified atom stereocenters. The van der Waals surface area contributed by atoms with E-state index in [2.05, 4.69) is 17.1 Å². The lowest BCUT2D eigenvalue weighted by molar-refractivity contribution is 0.187. The summed E-state index contributed by atoms with van der Waals surface area (Å²) in [6, 6.07) is 11.0. The number of piperazine rings is 1. The minimum absolute atomic E-state index is 0. The van der Waals surface area contributed by atoms with Crippen LogP contribution in [0.3, 0.4) is 0 Å².